The van der Waals surface area contributed by atoms with Gasteiger partial charge in [-0.25, -0.2) is 4.39 Å². The Kier molecular flexibility index (Phi) is 8.18. The Bertz CT molecular complexity index is 1300. The number of amides is 2. The maximum Gasteiger partial charge on any atom is 0.416 e. The smallest absolute Gasteiger partial charge is 0.378 e. The highest BCUT2D eigenvalue weighted by Crippen LogP contribution is 2.37. The molecule has 0 bridgehead atoms. The van der Waals surface area contributed by atoms with Crippen LogP contribution < -0.4 is 5.32 Å². The van der Waals surface area contributed by atoms with Gasteiger partial charge in [0.25, 0.3) is 5.91 Å². The van der Waals surface area contributed by atoms with E-state index in [4.69, 9.17) is 0 Å². The molecule has 4 rings (SSSR count). The summed E-state index contributed by atoms with van der Waals surface area (Å²) >= 11 is 0. The number of aryl methyl sites for hydroxylation is 2. The minimum absolute atomic E-state index is 0.0266. The number of alkyl halides is 3. The molecule has 9 heteroatoms. The van der Waals surface area contributed by atoms with Crippen molar-refractivity contribution in [1.82, 2.24) is 9.80 Å². The van der Waals surface area contributed by atoms with Crippen LogP contribution in [0.2, 0.25) is 0 Å². The van der Waals surface area contributed by atoms with Crippen molar-refractivity contribution >= 4 is 17.5 Å². The largest absolute Gasteiger partial charge is 0.416 e. The number of halogens is 4. The Morgan fingerprint density at radius 2 is 1.82 bits per heavy atom. The van der Waals surface area contributed by atoms with Gasteiger partial charge in [0.15, 0.2) is 0 Å². The lowest BCUT2D eigenvalue weighted by Gasteiger charge is -2.44. The lowest BCUT2D eigenvalue weighted by Crippen LogP contribution is -2.55. The molecule has 2 amide bonds. The number of carbonyl (C=O) groups excluding carboxylic acids is 2. The van der Waals surface area contributed by atoms with E-state index in [1.807, 2.05) is 37.2 Å². The van der Waals surface area contributed by atoms with Gasteiger partial charge in [0.05, 0.1) is 23.1 Å². The van der Waals surface area contributed by atoms with Crippen molar-refractivity contribution in [3.63, 3.8) is 0 Å². The Labute approximate surface area is 226 Å². The first kappa shape index (κ1) is 28.4. The molecule has 208 valence electrons. The van der Waals surface area contributed by atoms with Crippen LogP contribution in [-0.4, -0.2) is 48.3 Å². The summed E-state index contributed by atoms with van der Waals surface area (Å²) < 4.78 is 55.3. The minimum atomic E-state index is -4.55. The normalized spacial score (nSPS) is 21.4. The summed E-state index contributed by atoms with van der Waals surface area (Å²) in [6, 6.07) is 7.55. The SMILES string of the molecule is Cc1ccc(NC(=O)C2CCCN(C(=O)c3c(C)cccc3F)[C@H]2C2C=CC(N(C)C)=CC2)cc1C(F)(F)F. The molecular weight excluding hydrogens is 510 g/mol. The molecule has 39 heavy (non-hydrogen) atoms. The molecule has 1 aliphatic heterocycles. The molecule has 1 saturated heterocycles. The summed E-state index contributed by atoms with van der Waals surface area (Å²) in [6.45, 7) is 3.38. The third-order valence-corrected chi connectivity index (χ3v) is 7.60. The molecule has 2 aromatic rings. The number of likely N-dealkylation sites (tertiary alicyclic amines) is 1. The fourth-order valence-electron chi connectivity index (χ4n) is 5.57. The molecule has 2 aromatic carbocycles. The lowest BCUT2D eigenvalue weighted by molar-refractivity contribution is -0.138. The van der Waals surface area contributed by atoms with Crippen LogP contribution >= 0.6 is 0 Å². The Hall–Kier alpha value is -3.62. The number of nitrogens with zero attached hydrogens (tertiary/aromatic N) is 2. The summed E-state index contributed by atoms with van der Waals surface area (Å²) in [4.78, 5) is 30.9. The van der Waals surface area contributed by atoms with Crippen molar-refractivity contribution in [2.75, 3.05) is 26.0 Å². The molecular formula is C30H33F4N3O2. The first-order valence-corrected chi connectivity index (χ1v) is 13.0. The standard InChI is InChI=1S/C30H33F4N3O2/c1-18-10-13-21(17-24(18)30(32,33)34)35-28(38)23-8-6-16-37(29(39)26-19(2)7-5-9-25(26)31)27(23)20-11-14-22(15-12-20)36(3)4/h5,7,9-11,13-15,17,20,23,27H,6,8,12,16H2,1-4H3,(H,35,38)/t20?,23?,27-/m0/s1. The highest BCUT2D eigenvalue weighted by atomic mass is 19.4. The van der Waals surface area contributed by atoms with Gasteiger partial charge in [0.1, 0.15) is 5.82 Å². The summed E-state index contributed by atoms with van der Waals surface area (Å²) in [5, 5.41) is 2.67. The quantitative estimate of drug-likeness (QED) is 0.448. The van der Waals surface area contributed by atoms with Crippen LogP contribution in [0.3, 0.4) is 0 Å². The second-order valence-electron chi connectivity index (χ2n) is 10.5. The first-order valence-electron chi connectivity index (χ1n) is 13.0. The predicted molar refractivity (Wildman–Crippen MR) is 143 cm³/mol. The van der Waals surface area contributed by atoms with Gasteiger partial charge in [-0.2, -0.15) is 13.2 Å². The zero-order valence-corrected chi connectivity index (χ0v) is 22.5. The van der Waals surface area contributed by atoms with Crippen molar-refractivity contribution in [1.29, 1.82) is 0 Å². The molecule has 3 atom stereocenters. The molecule has 5 nitrogen and oxygen atoms in total. The monoisotopic (exact) mass is 543 g/mol. The lowest BCUT2D eigenvalue weighted by atomic mass is 9.77. The van der Waals surface area contributed by atoms with Crippen LogP contribution in [-0.2, 0) is 11.0 Å². The summed E-state index contributed by atoms with van der Waals surface area (Å²) in [6.07, 6.45) is 2.89. The van der Waals surface area contributed by atoms with E-state index < -0.39 is 41.3 Å². The maximum atomic E-state index is 14.8. The number of rotatable bonds is 5. The van der Waals surface area contributed by atoms with Crippen molar-refractivity contribution in [2.24, 2.45) is 11.8 Å². The van der Waals surface area contributed by atoms with Gasteiger partial charge in [-0.1, -0.05) is 30.4 Å². The van der Waals surface area contributed by atoms with Gasteiger partial charge >= 0.3 is 6.18 Å². The fourth-order valence-corrected chi connectivity index (χ4v) is 5.57. The van der Waals surface area contributed by atoms with Crippen molar-refractivity contribution in [3.05, 3.63) is 88.4 Å². The third kappa shape index (κ3) is 6.02. The van der Waals surface area contributed by atoms with E-state index in [2.05, 4.69) is 5.32 Å². The number of allylic oxidation sites excluding steroid dienone is 2. The van der Waals surface area contributed by atoms with Gasteiger partial charge in [-0.05, 0) is 68.5 Å². The Morgan fingerprint density at radius 3 is 2.44 bits per heavy atom. The predicted octanol–water partition coefficient (Wildman–Crippen LogP) is 6.34. The average molecular weight is 544 g/mol. The van der Waals surface area contributed by atoms with Gasteiger partial charge in [0.2, 0.25) is 5.91 Å². The molecule has 2 unspecified atom stereocenters. The van der Waals surface area contributed by atoms with Gasteiger partial charge in [0, 0.05) is 37.9 Å². The molecule has 0 aromatic heterocycles. The molecule has 2 aliphatic rings. The van der Waals surface area contributed by atoms with E-state index in [1.165, 1.54) is 25.1 Å². The molecule has 1 aliphatic carbocycles. The summed E-state index contributed by atoms with van der Waals surface area (Å²) in [5.41, 5.74) is 0.747. The van der Waals surface area contributed by atoms with E-state index in [1.54, 1.807) is 24.0 Å². The molecule has 0 spiro atoms. The Morgan fingerprint density at radius 1 is 1.08 bits per heavy atom. The molecule has 0 saturated carbocycles. The van der Waals surface area contributed by atoms with Crippen LogP contribution in [0, 0.1) is 31.5 Å². The van der Waals surface area contributed by atoms with Crippen molar-refractivity contribution in [2.45, 2.75) is 45.3 Å². The minimum Gasteiger partial charge on any atom is -0.378 e. The number of benzene rings is 2. The molecule has 1 N–H and O–H groups in total. The van der Waals surface area contributed by atoms with Crippen LogP contribution in [0.1, 0.15) is 46.3 Å². The van der Waals surface area contributed by atoms with E-state index in [0.29, 0.717) is 31.4 Å². The summed E-state index contributed by atoms with van der Waals surface area (Å²) in [7, 11) is 3.84. The van der Waals surface area contributed by atoms with Crippen molar-refractivity contribution in [3.8, 4) is 0 Å². The number of anilines is 1. The van der Waals surface area contributed by atoms with Gasteiger partial charge in [-0.3, -0.25) is 9.59 Å². The van der Waals surface area contributed by atoms with Gasteiger partial charge in [-0.15, -0.1) is 0 Å². The van der Waals surface area contributed by atoms with Gasteiger partial charge < -0.3 is 15.1 Å². The van der Waals surface area contributed by atoms with E-state index >= 15 is 0 Å². The van der Waals surface area contributed by atoms with Crippen LogP contribution in [0.15, 0.2) is 60.3 Å². The third-order valence-electron chi connectivity index (χ3n) is 7.60. The number of hydrogen-bond acceptors (Lipinski definition) is 3. The average Bonchev–Trinajstić information content (AvgIpc) is 2.88. The number of piperidine rings is 1. The first-order chi connectivity index (χ1) is 18.4. The highest BCUT2D eigenvalue weighted by Gasteiger charge is 2.43. The number of likely N-dealkylation sites (N-methyl/N-ethyl adjacent to an activating group) is 1. The fraction of sp³-hybridized carbons (Fsp3) is 0.400. The topological polar surface area (TPSA) is 52.7 Å². The summed E-state index contributed by atoms with van der Waals surface area (Å²) in [5.74, 6) is -2.51. The Balaban J connectivity index is 1.68. The van der Waals surface area contributed by atoms with Crippen molar-refractivity contribution < 1.29 is 27.2 Å². The zero-order valence-electron chi connectivity index (χ0n) is 22.5. The zero-order chi connectivity index (χ0) is 28.5. The van der Waals surface area contributed by atoms with E-state index in [0.717, 1.165) is 11.8 Å². The second kappa shape index (κ2) is 11.2. The molecule has 1 fully saturated rings. The van der Waals surface area contributed by atoms with E-state index in [9.17, 15) is 27.2 Å². The molecule has 1 heterocycles. The number of carbonyl (C=O) groups is 2. The second-order valence-corrected chi connectivity index (χ2v) is 10.5. The molecule has 0 radical (unpaired) electrons. The van der Waals surface area contributed by atoms with Crippen LogP contribution in [0.25, 0.3) is 0 Å². The van der Waals surface area contributed by atoms with Crippen LogP contribution in [0.5, 0.6) is 0 Å². The van der Waals surface area contributed by atoms with E-state index in [-0.39, 0.29) is 22.7 Å². The maximum absolute atomic E-state index is 14.8. The van der Waals surface area contributed by atoms with Crippen LogP contribution in [0.4, 0.5) is 23.2 Å². The highest BCUT2D eigenvalue weighted by molar-refractivity contribution is 5.98. The number of nitrogens with one attached hydrogen (secondary N) is 1. The number of hydrogen-bond donors (Lipinski definition) is 1.